The van der Waals surface area contributed by atoms with Gasteiger partial charge in [0, 0.05) is 13.0 Å². The minimum Gasteiger partial charge on any atom is -0.345 e. The van der Waals surface area contributed by atoms with Gasteiger partial charge >= 0.3 is 0 Å². The van der Waals surface area contributed by atoms with Crippen LogP contribution in [-0.4, -0.2) is 35.0 Å². The predicted octanol–water partition coefficient (Wildman–Crippen LogP) is 1.90. The Balaban J connectivity index is 1.52. The molecule has 0 aliphatic carbocycles. The third-order valence-corrected chi connectivity index (χ3v) is 4.34. The minimum absolute atomic E-state index is 0.555. The summed E-state index contributed by atoms with van der Waals surface area (Å²) < 4.78 is 3.92. The summed E-state index contributed by atoms with van der Waals surface area (Å²) in [6.45, 7) is 3.60. The van der Waals surface area contributed by atoms with Gasteiger partial charge in [-0.15, -0.1) is 10.2 Å². The molecule has 4 rings (SSSR count). The number of anilines is 1. The molecule has 0 atom stereocenters. The second-order valence-electron chi connectivity index (χ2n) is 6.10. The first-order chi connectivity index (χ1) is 11.8. The number of aryl methyl sites for hydroxylation is 2. The van der Waals surface area contributed by atoms with Crippen molar-refractivity contribution in [2.24, 2.45) is 0 Å². The highest BCUT2D eigenvalue weighted by Crippen LogP contribution is 2.16. The fourth-order valence-corrected chi connectivity index (χ4v) is 2.99. The maximum absolute atomic E-state index is 4.33. The number of nitrogens with zero attached hydrogens (tertiary/aromatic N) is 7. The number of nitrogens with one attached hydrogen (secondary N) is 1. The fourth-order valence-electron chi connectivity index (χ4n) is 2.99. The van der Waals surface area contributed by atoms with E-state index in [-0.39, 0.29) is 0 Å². The van der Waals surface area contributed by atoms with Gasteiger partial charge in [0.1, 0.15) is 5.82 Å². The number of tetrazole rings is 1. The van der Waals surface area contributed by atoms with Gasteiger partial charge < -0.3 is 9.88 Å². The first kappa shape index (κ1) is 14.8. The van der Waals surface area contributed by atoms with Crippen LogP contribution in [-0.2, 0) is 19.5 Å². The monoisotopic (exact) mass is 324 g/mol. The molecular weight excluding hydrogens is 304 g/mol. The lowest BCUT2D eigenvalue weighted by molar-refractivity contribution is 0.609. The molecule has 0 saturated carbocycles. The van der Waals surface area contributed by atoms with Crippen molar-refractivity contribution in [1.29, 1.82) is 0 Å². The number of fused-ring (bicyclic) bond motifs is 1. The van der Waals surface area contributed by atoms with Crippen molar-refractivity contribution >= 4 is 5.95 Å². The van der Waals surface area contributed by atoms with Gasteiger partial charge in [-0.2, -0.15) is 4.68 Å². The average Bonchev–Trinajstić information content (AvgIpc) is 3.14. The quantitative estimate of drug-likeness (QED) is 0.789. The van der Waals surface area contributed by atoms with E-state index in [1.54, 1.807) is 4.68 Å². The average molecular weight is 324 g/mol. The normalized spacial score (nSPS) is 14.2. The molecule has 2 aromatic heterocycles. The maximum Gasteiger partial charge on any atom is 0.248 e. The van der Waals surface area contributed by atoms with E-state index in [9.17, 15) is 0 Å². The highest BCUT2D eigenvalue weighted by Gasteiger charge is 2.15. The van der Waals surface area contributed by atoms with Gasteiger partial charge in [-0.3, -0.25) is 0 Å². The van der Waals surface area contributed by atoms with Gasteiger partial charge in [0.25, 0.3) is 0 Å². The van der Waals surface area contributed by atoms with E-state index in [0.29, 0.717) is 12.5 Å². The van der Waals surface area contributed by atoms with E-state index < -0.39 is 0 Å². The molecule has 24 heavy (non-hydrogen) atoms. The molecule has 3 heterocycles. The Kier molecular flexibility index (Phi) is 3.94. The minimum atomic E-state index is 0.555. The zero-order valence-electron chi connectivity index (χ0n) is 13.7. The van der Waals surface area contributed by atoms with Crippen molar-refractivity contribution in [3.63, 3.8) is 0 Å². The molecule has 0 saturated heterocycles. The second-order valence-corrected chi connectivity index (χ2v) is 6.10. The van der Waals surface area contributed by atoms with Crippen LogP contribution in [0.2, 0.25) is 0 Å². The largest absolute Gasteiger partial charge is 0.345 e. The van der Waals surface area contributed by atoms with E-state index in [1.165, 1.54) is 24.8 Å². The second kappa shape index (κ2) is 6.38. The Labute approximate surface area is 139 Å². The van der Waals surface area contributed by atoms with Gasteiger partial charge in [0.05, 0.1) is 12.2 Å². The van der Waals surface area contributed by atoms with Gasteiger partial charge in [-0.25, -0.2) is 0 Å². The first-order valence-corrected chi connectivity index (χ1v) is 8.31. The van der Waals surface area contributed by atoms with Crippen LogP contribution >= 0.6 is 0 Å². The van der Waals surface area contributed by atoms with E-state index in [1.807, 2.05) is 24.3 Å². The molecule has 124 valence electrons. The topological polar surface area (TPSA) is 86.3 Å². The summed E-state index contributed by atoms with van der Waals surface area (Å²) in [4.78, 5) is 0. The third-order valence-electron chi connectivity index (χ3n) is 4.34. The lowest BCUT2D eigenvalue weighted by atomic mass is 10.2. The van der Waals surface area contributed by atoms with Crippen molar-refractivity contribution in [2.75, 3.05) is 5.32 Å². The van der Waals surface area contributed by atoms with Crippen LogP contribution in [0.5, 0.6) is 0 Å². The molecule has 0 amide bonds. The number of aromatic nitrogens is 7. The van der Waals surface area contributed by atoms with Crippen LogP contribution in [0.4, 0.5) is 5.95 Å². The van der Waals surface area contributed by atoms with Crippen LogP contribution in [0.15, 0.2) is 24.3 Å². The van der Waals surface area contributed by atoms with Gasteiger partial charge in [-0.05, 0) is 42.3 Å². The van der Waals surface area contributed by atoms with E-state index >= 15 is 0 Å². The molecule has 8 heteroatoms. The lowest BCUT2D eigenvalue weighted by Gasteiger charge is -2.09. The molecule has 1 aromatic carbocycles. The number of benzene rings is 1. The fraction of sp³-hybridized carbons (Fsp3) is 0.438. The van der Waals surface area contributed by atoms with Gasteiger partial charge in [-0.1, -0.05) is 29.2 Å². The third kappa shape index (κ3) is 2.86. The van der Waals surface area contributed by atoms with E-state index in [0.717, 1.165) is 30.3 Å². The Morgan fingerprint density at radius 2 is 1.92 bits per heavy atom. The molecule has 1 aliphatic heterocycles. The van der Waals surface area contributed by atoms with Crippen molar-refractivity contribution in [3.05, 3.63) is 41.5 Å². The summed E-state index contributed by atoms with van der Waals surface area (Å²) >= 11 is 0. The molecule has 0 fully saturated rings. The van der Waals surface area contributed by atoms with Crippen molar-refractivity contribution in [3.8, 4) is 5.69 Å². The van der Waals surface area contributed by atoms with Gasteiger partial charge in [0.2, 0.25) is 5.95 Å². The SMILES string of the molecule is Cc1ccc(-n2nnnc2NCc2nnc3n2CCCCC3)cc1. The van der Waals surface area contributed by atoms with Crippen molar-refractivity contribution < 1.29 is 0 Å². The summed E-state index contributed by atoms with van der Waals surface area (Å²) in [5, 5.41) is 23.9. The molecule has 1 aliphatic rings. The van der Waals surface area contributed by atoms with Crippen molar-refractivity contribution in [1.82, 2.24) is 35.0 Å². The molecule has 0 bridgehead atoms. The standard InChI is InChI=1S/C16H20N8/c1-12-6-8-13(9-7-12)24-16(20-21-22-24)17-11-15-19-18-14-5-3-2-4-10-23(14)15/h6-9H,2-5,10-11H2,1H3,(H,17,20,22). The Morgan fingerprint density at radius 1 is 1.04 bits per heavy atom. The molecule has 3 aromatic rings. The first-order valence-electron chi connectivity index (χ1n) is 8.31. The zero-order chi connectivity index (χ0) is 16.4. The van der Waals surface area contributed by atoms with Crippen molar-refractivity contribution in [2.45, 2.75) is 45.7 Å². The molecule has 1 N–H and O–H groups in total. The zero-order valence-corrected chi connectivity index (χ0v) is 13.7. The van der Waals surface area contributed by atoms with Crippen LogP contribution in [0.1, 0.15) is 36.5 Å². The molecule has 8 nitrogen and oxygen atoms in total. The van der Waals surface area contributed by atoms with E-state index in [4.69, 9.17) is 0 Å². The van der Waals surface area contributed by atoms with Crippen LogP contribution in [0.3, 0.4) is 0 Å². The summed E-state index contributed by atoms with van der Waals surface area (Å²) in [6, 6.07) is 8.08. The Bertz CT molecular complexity index is 817. The van der Waals surface area contributed by atoms with Crippen LogP contribution in [0, 0.1) is 6.92 Å². The number of hydrogen-bond donors (Lipinski definition) is 1. The number of rotatable bonds is 4. The van der Waals surface area contributed by atoms with Crippen LogP contribution in [0.25, 0.3) is 5.69 Å². The summed E-state index contributed by atoms with van der Waals surface area (Å²) in [5.74, 6) is 2.62. The Hall–Kier alpha value is -2.77. The molecule has 0 radical (unpaired) electrons. The summed E-state index contributed by atoms with van der Waals surface area (Å²) in [6.07, 6.45) is 4.63. The number of hydrogen-bond acceptors (Lipinski definition) is 6. The summed E-state index contributed by atoms with van der Waals surface area (Å²) in [5.41, 5.74) is 2.13. The van der Waals surface area contributed by atoms with E-state index in [2.05, 4.69) is 42.5 Å². The molecular formula is C16H20N8. The molecule has 0 spiro atoms. The van der Waals surface area contributed by atoms with Crippen LogP contribution < -0.4 is 5.32 Å². The highest BCUT2D eigenvalue weighted by molar-refractivity contribution is 5.39. The molecule has 0 unspecified atom stereocenters. The Morgan fingerprint density at radius 3 is 2.79 bits per heavy atom. The summed E-state index contributed by atoms with van der Waals surface area (Å²) in [7, 11) is 0. The maximum atomic E-state index is 4.33. The van der Waals surface area contributed by atoms with Gasteiger partial charge in [0.15, 0.2) is 5.82 Å². The highest BCUT2D eigenvalue weighted by atomic mass is 15.6. The predicted molar refractivity (Wildman–Crippen MR) is 88.8 cm³/mol. The smallest absolute Gasteiger partial charge is 0.248 e. The lowest BCUT2D eigenvalue weighted by Crippen LogP contribution is -2.13.